The highest BCUT2D eigenvalue weighted by molar-refractivity contribution is 5.99. The number of anilines is 1. The van der Waals surface area contributed by atoms with E-state index in [1.54, 1.807) is 4.90 Å². The summed E-state index contributed by atoms with van der Waals surface area (Å²) in [6, 6.07) is 9.57. The molecule has 29 heavy (non-hydrogen) atoms. The van der Waals surface area contributed by atoms with Gasteiger partial charge >= 0.3 is 6.03 Å². The molecule has 0 atom stereocenters. The van der Waals surface area contributed by atoms with Crippen LogP contribution < -0.4 is 10.2 Å². The summed E-state index contributed by atoms with van der Waals surface area (Å²) in [6.07, 6.45) is 1.83. The Labute approximate surface area is 171 Å². The van der Waals surface area contributed by atoms with Crippen molar-refractivity contribution in [2.75, 3.05) is 44.2 Å². The number of benzene rings is 1. The average molecular weight is 393 g/mol. The summed E-state index contributed by atoms with van der Waals surface area (Å²) in [5.41, 5.74) is 4.74. The maximum Gasteiger partial charge on any atom is 0.322 e. The molecule has 152 valence electrons. The van der Waals surface area contributed by atoms with Crippen LogP contribution in [-0.2, 0) is 6.54 Å². The number of carbonyl (C=O) groups excluding carboxylic acids is 2. The monoisotopic (exact) mass is 393 g/mol. The lowest BCUT2D eigenvalue weighted by Crippen LogP contribution is -2.48. The molecule has 3 heterocycles. The van der Waals surface area contributed by atoms with Crippen LogP contribution in [0.5, 0.6) is 0 Å². The summed E-state index contributed by atoms with van der Waals surface area (Å²) in [7, 11) is 0. The SMILES string of the molecule is Cc1ccc(C(=O)N2CCN(Cc3ncccc3C)CC2)cc1N1CCNC1=O. The number of hydrogen-bond donors (Lipinski definition) is 1. The molecule has 0 saturated carbocycles. The van der Waals surface area contributed by atoms with Crippen molar-refractivity contribution in [3.8, 4) is 0 Å². The van der Waals surface area contributed by atoms with E-state index in [4.69, 9.17) is 0 Å². The summed E-state index contributed by atoms with van der Waals surface area (Å²) in [5, 5.41) is 2.82. The van der Waals surface area contributed by atoms with Crippen LogP contribution in [0.2, 0.25) is 0 Å². The summed E-state index contributed by atoms with van der Waals surface area (Å²) < 4.78 is 0. The van der Waals surface area contributed by atoms with Crippen molar-refractivity contribution >= 4 is 17.6 Å². The second kappa shape index (κ2) is 8.21. The van der Waals surface area contributed by atoms with Crippen LogP contribution in [0, 0.1) is 13.8 Å². The summed E-state index contributed by atoms with van der Waals surface area (Å²) in [6.45, 7) is 9.16. The molecule has 2 fully saturated rings. The van der Waals surface area contributed by atoms with Gasteiger partial charge in [-0.05, 0) is 43.2 Å². The molecule has 2 aliphatic heterocycles. The van der Waals surface area contributed by atoms with Gasteiger partial charge in [0.15, 0.2) is 0 Å². The Bertz CT molecular complexity index is 921. The molecule has 0 spiro atoms. The summed E-state index contributed by atoms with van der Waals surface area (Å²) >= 11 is 0. The van der Waals surface area contributed by atoms with Gasteiger partial charge in [-0.3, -0.25) is 19.6 Å². The average Bonchev–Trinajstić information content (AvgIpc) is 3.16. The molecule has 1 N–H and O–H groups in total. The van der Waals surface area contributed by atoms with E-state index in [0.717, 1.165) is 36.6 Å². The summed E-state index contributed by atoms with van der Waals surface area (Å²) in [5.74, 6) is 0.0273. The smallest absolute Gasteiger partial charge is 0.322 e. The molecule has 3 amide bonds. The fraction of sp³-hybridized carbons (Fsp3) is 0.409. The first-order valence-electron chi connectivity index (χ1n) is 10.1. The molecule has 1 aromatic carbocycles. The molecule has 0 aliphatic carbocycles. The highest BCUT2D eigenvalue weighted by Gasteiger charge is 2.26. The maximum atomic E-state index is 13.1. The van der Waals surface area contributed by atoms with E-state index in [0.29, 0.717) is 31.7 Å². The number of hydrogen-bond acceptors (Lipinski definition) is 4. The number of carbonyl (C=O) groups is 2. The number of nitrogens with one attached hydrogen (secondary N) is 1. The van der Waals surface area contributed by atoms with Crippen LogP contribution in [0.15, 0.2) is 36.5 Å². The molecule has 2 aromatic rings. The molecule has 0 unspecified atom stereocenters. The topological polar surface area (TPSA) is 68.8 Å². The van der Waals surface area contributed by atoms with Gasteiger partial charge in [0.05, 0.1) is 5.69 Å². The minimum atomic E-state index is -0.101. The van der Waals surface area contributed by atoms with Gasteiger partial charge in [0.2, 0.25) is 0 Å². The number of nitrogens with zero attached hydrogens (tertiary/aromatic N) is 4. The minimum absolute atomic E-state index is 0.0273. The fourth-order valence-electron chi connectivity index (χ4n) is 3.92. The van der Waals surface area contributed by atoms with Crippen molar-refractivity contribution in [1.82, 2.24) is 20.1 Å². The fourth-order valence-corrected chi connectivity index (χ4v) is 3.92. The van der Waals surface area contributed by atoms with Crippen molar-refractivity contribution in [3.05, 3.63) is 58.9 Å². The van der Waals surface area contributed by atoms with E-state index < -0.39 is 0 Å². The van der Waals surface area contributed by atoms with Gasteiger partial charge in [-0.1, -0.05) is 12.1 Å². The van der Waals surface area contributed by atoms with Gasteiger partial charge in [0, 0.05) is 63.3 Å². The molecule has 2 saturated heterocycles. The van der Waals surface area contributed by atoms with Crippen LogP contribution in [0.3, 0.4) is 0 Å². The summed E-state index contributed by atoms with van der Waals surface area (Å²) in [4.78, 5) is 35.5. The zero-order valence-corrected chi connectivity index (χ0v) is 17.0. The van der Waals surface area contributed by atoms with Gasteiger partial charge in [-0.25, -0.2) is 4.79 Å². The van der Waals surface area contributed by atoms with Crippen LogP contribution in [0.1, 0.15) is 27.2 Å². The quantitative estimate of drug-likeness (QED) is 0.865. The van der Waals surface area contributed by atoms with Gasteiger partial charge in [0.25, 0.3) is 5.91 Å². The number of aryl methyl sites for hydroxylation is 2. The van der Waals surface area contributed by atoms with Crippen molar-refractivity contribution < 1.29 is 9.59 Å². The Morgan fingerprint density at radius 2 is 1.86 bits per heavy atom. The first kappa shape index (κ1) is 19.4. The first-order valence-corrected chi connectivity index (χ1v) is 10.1. The molecule has 4 rings (SSSR count). The molecule has 2 aliphatic rings. The van der Waals surface area contributed by atoms with E-state index >= 15 is 0 Å². The molecule has 0 radical (unpaired) electrons. The standard InChI is InChI=1S/C22H27N5O2/c1-16-4-3-7-23-19(16)15-25-10-12-26(13-11-25)21(28)18-6-5-17(2)20(14-18)27-9-8-24-22(27)29/h3-7,14H,8-13,15H2,1-2H3,(H,24,29). The number of aromatic nitrogens is 1. The van der Waals surface area contributed by atoms with Gasteiger partial charge in [-0.15, -0.1) is 0 Å². The van der Waals surface area contributed by atoms with Crippen molar-refractivity contribution in [1.29, 1.82) is 0 Å². The second-order valence-corrected chi connectivity index (χ2v) is 7.72. The van der Waals surface area contributed by atoms with Gasteiger partial charge in [0.1, 0.15) is 0 Å². The Balaban J connectivity index is 1.41. The lowest BCUT2D eigenvalue weighted by Gasteiger charge is -2.35. The maximum absolute atomic E-state index is 13.1. The van der Waals surface area contributed by atoms with Crippen molar-refractivity contribution in [2.45, 2.75) is 20.4 Å². The van der Waals surface area contributed by atoms with Crippen LogP contribution in [-0.4, -0.2) is 66.0 Å². The lowest BCUT2D eigenvalue weighted by molar-refractivity contribution is 0.0626. The third kappa shape index (κ3) is 4.10. The van der Waals surface area contributed by atoms with Gasteiger partial charge in [-0.2, -0.15) is 0 Å². The molecule has 7 heteroatoms. The number of urea groups is 1. The van der Waals surface area contributed by atoms with E-state index in [9.17, 15) is 9.59 Å². The molecular weight excluding hydrogens is 366 g/mol. The van der Waals surface area contributed by atoms with Gasteiger partial charge < -0.3 is 10.2 Å². The van der Waals surface area contributed by atoms with E-state index in [1.807, 2.05) is 42.3 Å². The molecule has 0 bridgehead atoms. The predicted octanol–water partition coefficient (Wildman–Crippen LogP) is 2.19. The second-order valence-electron chi connectivity index (χ2n) is 7.72. The van der Waals surface area contributed by atoms with Crippen LogP contribution in [0.4, 0.5) is 10.5 Å². The molecule has 1 aromatic heterocycles. The highest BCUT2D eigenvalue weighted by Crippen LogP contribution is 2.24. The zero-order valence-electron chi connectivity index (χ0n) is 17.0. The molecular formula is C22H27N5O2. The van der Waals surface area contributed by atoms with Crippen LogP contribution in [0.25, 0.3) is 0 Å². The largest absolute Gasteiger partial charge is 0.336 e. The Morgan fingerprint density at radius 1 is 1.07 bits per heavy atom. The predicted molar refractivity (Wildman–Crippen MR) is 112 cm³/mol. The van der Waals surface area contributed by atoms with Crippen molar-refractivity contribution in [3.63, 3.8) is 0 Å². The van der Waals surface area contributed by atoms with E-state index in [2.05, 4.69) is 28.2 Å². The Morgan fingerprint density at radius 3 is 2.55 bits per heavy atom. The van der Waals surface area contributed by atoms with E-state index in [-0.39, 0.29) is 11.9 Å². The van der Waals surface area contributed by atoms with E-state index in [1.165, 1.54) is 5.56 Å². The Hall–Kier alpha value is -2.93. The third-order valence-corrected chi connectivity index (χ3v) is 5.75. The number of amides is 3. The lowest BCUT2D eigenvalue weighted by atomic mass is 10.1. The number of rotatable bonds is 4. The van der Waals surface area contributed by atoms with Crippen molar-refractivity contribution in [2.24, 2.45) is 0 Å². The normalized spacial score (nSPS) is 17.5. The van der Waals surface area contributed by atoms with Crippen LogP contribution >= 0.6 is 0 Å². The minimum Gasteiger partial charge on any atom is -0.336 e. The molecule has 7 nitrogen and oxygen atoms in total. The number of piperazine rings is 1. The third-order valence-electron chi connectivity index (χ3n) is 5.75. The number of pyridine rings is 1. The highest BCUT2D eigenvalue weighted by atomic mass is 16.2. The zero-order chi connectivity index (χ0) is 20.4. The first-order chi connectivity index (χ1) is 14.0. The Kier molecular flexibility index (Phi) is 5.49.